The predicted molar refractivity (Wildman–Crippen MR) is 91.1 cm³/mol. The summed E-state index contributed by atoms with van der Waals surface area (Å²) in [6.45, 7) is 0.836. The quantitative estimate of drug-likeness (QED) is 0.434. The minimum absolute atomic E-state index is 0.213. The highest BCUT2D eigenvalue weighted by molar-refractivity contribution is 14.1. The summed E-state index contributed by atoms with van der Waals surface area (Å²) in [6, 6.07) is 14.7. The number of halogens is 1. The minimum atomic E-state index is -0.213. The maximum atomic E-state index is 12.2. The molecule has 0 N–H and O–H groups in total. The van der Waals surface area contributed by atoms with Gasteiger partial charge in [-0.1, -0.05) is 24.3 Å². The van der Waals surface area contributed by atoms with Gasteiger partial charge in [0.1, 0.15) is 5.75 Å². The first-order valence-corrected chi connectivity index (χ1v) is 8.09. The molecule has 1 aliphatic rings. The number of rotatable bonds is 5. The summed E-state index contributed by atoms with van der Waals surface area (Å²) < 4.78 is 6.73. The predicted octanol–water partition coefficient (Wildman–Crippen LogP) is 3.36. The van der Waals surface area contributed by atoms with E-state index in [2.05, 4.69) is 22.6 Å². The van der Waals surface area contributed by atoms with Crippen molar-refractivity contribution in [2.45, 2.75) is 6.42 Å². The molecule has 22 heavy (non-hydrogen) atoms. The summed E-state index contributed by atoms with van der Waals surface area (Å²) in [4.78, 5) is 25.7. The Morgan fingerprint density at radius 3 is 2.14 bits per heavy atom. The molecule has 2 aromatic rings. The van der Waals surface area contributed by atoms with Gasteiger partial charge in [0.25, 0.3) is 11.8 Å². The van der Waals surface area contributed by atoms with Crippen LogP contribution in [0.2, 0.25) is 0 Å². The molecular weight excluding hydrogens is 393 g/mol. The van der Waals surface area contributed by atoms with Gasteiger partial charge in [0.15, 0.2) is 0 Å². The number of hydrogen-bond acceptors (Lipinski definition) is 3. The third kappa shape index (κ3) is 2.85. The van der Waals surface area contributed by atoms with Crippen LogP contribution in [0, 0.1) is 3.57 Å². The molecule has 0 saturated carbocycles. The van der Waals surface area contributed by atoms with Crippen molar-refractivity contribution in [3.05, 3.63) is 63.2 Å². The molecule has 0 atom stereocenters. The fourth-order valence-corrected chi connectivity index (χ4v) is 2.95. The average molecular weight is 407 g/mol. The Balaban J connectivity index is 1.56. The Morgan fingerprint density at radius 2 is 1.50 bits per heavy atom. The molecule has 0 bridgehead atoms. The van der Waals surface area contributed by atoms with Crippen LogP contribution in [0.1, 0.15) is 27.1 Å². The number of benzene rings is 2. The van der Waals surface area contributed by atoms with Crippen molar-refractivity contribution in [3.63, 3.8) is 0 Å². The van der Waals surface area contributed by atoms with Gasteiger partial charge in [0.05, 0.1) is 21.3 Å². The van der Waals surface area contributed by atoms with Crippen molar-refractivity contribution in [3.8, 4) is 5.75 Å². The summed E-state index contributed by atoms with van der Waals surface area (Å²) in [5, 5.41) is 0. The molecule has 3 rings (SSSR count). The lowest BCUT2D eigenvalue weighted by molar-refractivity contribution is 0.0646. The van der Waals surface area contributed by atoms with Crippen LogP contribution in [0.5, 0.6) is 5.75 Å². The van der Waals surface area contributed by atoms with E-state index < -0.39 is 0 Å². The van der Waals surface area contributed by atoms with Gasteiger partial charge in [-0.25, -0.2) is 0 Å². The number of amides is 2. The number of imide groups is 1. The first kappa shape index (κ1) is 15.0. The Labute approximate surface area is 142 Å². The number of nitrogens with zero attached hydrogens (tertiary/aromatic N) is 1. The lowest BCUT2D eigenvalue weighted by Gasteiger charge is -2.14. The van der Waals surface area contributed by atoms with Crippen molar-refractivity contribution >= 4 is 34.4 Å². The molecule has 0 unspecified atom stereocenters. The second-order valence-electron chi connectivity index (χ2n) is 4.94. The van der Waals surface area contributed by atoms with E-state index in [9.17, 15) is 9.59 Å². The minimum Gasteiger partial charge on any atom is -0.492 e. The lowest BCUT2D eigenvalue weighted by Crippen LogP contribution is -2.31. The third-order valence-corrected chi connectivity index (χ3v) is 4.39. The molecule has 2 aromatic carbocycles. The smallest absolute Gasteiger partial charge is 0.261 e. The van der Waals surface area contributed by atoms with Crippen LogP contribution in [0.25, 0.3) is 0 Å². The summed E-state index contributed by atoms with van der Waals surface area (Å²) in [7, 11) is 0. The van der Waals surface area contributed by atoms with E-state index >= 15 is 0 Å². The van der Waals surface area contributed by atoms with Crippen molar-refractivity contribution in [1.82, 2.24) is 4.90 Å². The van der Waals surface area contributed by atoms with Gasteiger partial charge in [-0.3, -0.25) is 14.5 Å². The van der Waals surface area contributed by atoms with Crippen LogP contribution in [0.15, 0.2) is 48.5 Å². The highest BCUT2D eigenvalue weighted by Gasteiger charge is 2.34. The van der Waals surface area contributed by atoms with Gasteiger partial charge in [-0.2, -0.15) is 0 Å². The van der Waals surface area contributed by atoms with Gasteiger partial charge < -0.3 is 4.74 Å². The molecule has 0 spiro atoms. The molecule has 0 aliphatic carbocycles. The molecule has 1 aliphatic heterocycles. The van der Waals surface area contributed by atoms with Crippen molar-refractivity contribution in [2.75, 3.05) is 13.2 Å². The van der Waals surface area contributed by atoms with Crippen LogP contribution in [0.4, 0.5) is 0 Å². The fraction of sp³-hybridized carbons (Fsp3) is 0.176. The maximum absolute atomic E-state index is 12.2. The summed E-state index contributed by atoms with van der Waals surface area (Å²) in [6.07, 6.45) is 0.608. The van der Waals surface area contributed by atoms with Crippen molar-refractivity contribution < 1.29 is 14.3 Å². The van der Waals surface area contributed by atoms with E-state index in [-0.39, 0.29) is 11.8 Å². The summed E-state index contributed by atoms with van der Waals surface area (Å²) in [5.74, 6) is 0.398. The molecule has 5 heteroatoms. The van der Waals surface area contributed by atoms with E-state index in [1.165, 1.54) is 4.90 Å². The Hall–Kier alpha value is -1.89. The molecule has 2 amide bonds. The van der Waals surface area contributed by atoms with Gasteiger partial charge in [-0.05, 0) is 53.3 Å². The zero-order valence-electron chi connectivity index (χ0n) is 11.8. The normalized spacial score (nSPS) is 13.4. The molecule has 0 saturated heterocycles. The molecule has 0 fully saturated rings. The molecule has 4 nitrogen and oxygen atoms in total. The summed E-state index contributed by atoms with van der Waals surface area (Å²) in [5.41, 5.74) is 0.983. The van der Waals surface area contributed by atoms with Gasteiger partial charge in [-0.15, -0.1) is 0 Å². The highest BCUT2D eigenvalue weighted by atomic mass is 127. The average Bonchev–Trinajstić information content (AvgIpc) is 2.78. The fourth-order valence-electron chi connectivity index (χ4n) is 2.41. The topological polar surface area (TPSA) is 46.6 Å². The van der Waals surface area contributed by atoms with Crippen LogP contribution in [0.3, 0.4) is 0 Å². The zero-order chi connectivity index (χ0) is 15.5. The van der Waals surface area contributed by atoms with E-state index in [1.54, 1.807) is 24.3 Å². The van der Waals surface area contributed by atoms with Crippen LogP contribution in [-0.2, 0) is 0 Å². The van der Waals surface area contributed by atoms with Crippen LogP contribution >= 0.6 is 22.6 Å². The number of hydrogen-bond donors (Lipinski definition) is 0. The standard InChI is InChI=1S/C17H14INO3/c18-14-8-3-4-9-15(14)22-11-5-10-19-16(20)12-6-1-2-7-13(12)17(19)21/h1-4,6-9H,5,10-11H2. The second-order valence-corrected chi connectivity index (χ2v) is 6.10. The van der Waals surface area contributed by atoms with E-state index in [0.29, 0.717) is 30.7 Å². The molecular formula is C17H14INO3. The van der Waals surface area contributed by atoms with Crippen molar-refractivity contribution in [2.24, 2.45) is 0 Å². The Morgan fingerprint density at radius 1 is 0.909 bits per heavy atom. The van der Waals surface area contributed by atoms with Crippen molar-refractivity contribution in [1.29, 1.82) is 0 Å². The zero-order valence-corrected chi connectivity index (χ0v) is 13.9. The molecule has 0 radical (unpaired) electrons. The number of carbonyl (C=O) groups is 2. The maximum Gasteiger partial charge on any atom is 0.261 e. The lowest BCUT2D eigenvalue weighted by atomic mass is 10.1. The first-order valence-electron chi connectivity index (χ1n) is 7.01. The van der Waals surface area contributed by atoms with Gasteiger partial charge >= 0.3 is 0 Å². The molecule has 0 aromatic heterocycles. The SMILES string of the molecule is O=C1c2ccccc2C(=O)N1CCCOc1ccccc1I. The monoisotopic (exact) mass is 407 g/mol. The highest BCUT2D eigenvalue weighted by Crippen LogP contribution is 2.23. The Bertz CT molecular complexity index is 694. The van der Waals surface area contributed by atoms with Crippen LogP contribution < -0.4 is 4.74 Å². The second kappa shape index (κ2) is 6.48. The van der Waals surface area contributed by atoms with E-state index in [1.807, 2.05) is 24.3 Å². The van der Waals surface area contributed by atoms with E-state index in [4.69, 9.17) is 4.74 Å². The van der Waals surface area contributed by atoms with Crippen LogP contribution in [-0.4, -0.2) is 29.9 Å². The van der Waals surface area contributed by atoms with Gasteiger partial charge in [0, 0.05) is 6.54 Å². The molecule has 1 heterocycles. The number of para-hydroxylation sites is 1. The van der Waals surface area contributed by atoms with E-state index in [0.717, 1.165) is 9.32 Å². The molecule has 112 valence electrons. The summed E-state index contributed by atoms with van der Waals surface area (Å²) >= 11 is 2.21. The van der Waals surface area contributed by atoms with Gasteiger partial charge in [0.2, 0.25) is 0 Å². The number of carbonyl (C=O) groups excluding carboxylic acids is 2. The largest absolute Gasteiger partial charge is 0.492 e. The third-order valence-electron chi connectivity index (χ3n) is 3.50. The number of ether oxygens (including phenoxy) is 1. The first-order chi connectivity index (χ1) is 10.7. The Kier molecular flexibility index (Phi) is 4.42. The number of fused-ring (bicyclic) bond motifs is 1.